The van der Waals surface area contributed by atoms with Crippen molar-refractivity contribution >= 4 is 29.2 Å². The van der Waals surface area contributed by atoms with E-state index in [1.54, 1.807) is 18.2 Å². The van der Waals surface area contributed by atoms with Crippen LogP contribution in [0.4, 0.5) is 0 Å². The smallest absolute Gasteiger partial charge is 0.313 e. The molecule has 2 rings (SSSR count). The molecule has 5 heteroatoms. The maximum absolute atomic E-state index is 11.8. The van der Waals surface area contributed by atoms with E-state index in [1.807, 2.05) is 6.92 Å². The molecule has 0 aromatic heterocycles. The summed E-state index contributed by atoms with van der Waals surface area (Å²) >= 11 is 11.8. The molecule has 1 saturated heterocycles. The number of epoxide rings is 1. The van der Waals surface area contributed by atoms with Crippen LogP contribution < -0.4 is 0 Å². The predicted octanol–water partition coefficient (Wildman–Crippen LogP) is 3.43. The predicted molar refractivity (Wildman–Crippen MR) is 70.2 cm³/mol. The van der Waals surface area contributed by atoms with Crippen molar-refractivity contribution in [2.24, 2.45) is 0 Å². The second-order valence-corrected chi connectivity index (χ2v) is 5.18. The SMILES string of the molecule is COC(=O)C(CC1OC1C)c1ccc(Cl)c(Cl)c1. The van der Waals surface area contributed by atoms with Crippen molar-refractivity contribution in [1.82, 2.24) is 0 Å². The molecule has 0 N–H and O–H groups in total. The molecule has 0 bridgehead atoms. The molecule has 0 spiro atoms. The highest BCUT2D eigenvalue weighted by molar-refractivity contribution is 6.42. The zero-order chi connectivity index (χ0) is 13.3. The van der Waals surface area contributed by atoms with E-state index in [0.29, 0.717) is 16.5 Å². The molecule has 3 atom stereocenters. The summed E-state index contributed by atoms with van der Waals surface area (Å²) in [5.74, 6) is -0.643. The van der Waals surface area contributed by atoms with Crippen LogP contribution in [0.25, 0.3) is 0 Å². The van der Waals surface area contributed by atoms with Gasteiger partial charge in [-0.25, -0.2) is 0 Å². The minimum absolute atomic E-state index is 0.114. The number of ether oxygens (including phenoxy) is 2. The molecule has 3 unspecified atom stereocenters. The Bertz CT molecular complexity index is 462. The number of carbonyl (C=O) groups is 1. The number of esters is 1. The summed E-state index contributed by atoms with van der Waals surface area (Å²) in [6, 6.07) is 5.19. The monoisotopic (exact) mass is 288 g/mol. The molecular weight excluding hydrogens is 275 g/mol. The van der Waals surface area contributed by atoms with Gasteiger partial charge in [0.05, 0.1) is 35.3 Å². The van der Waals surface area contributed by atoms with Gasteiger partial charge in [0, 0.05) is 0 Å². The van der Waals surface area contributed by atoms with E-state index in [2.05, 4.69) is 0 Å². The Morgan fingerprint density at radius 1 is 1.44 bits per heavy atom. The molecule has 0 aliphatic carbocycles. The Hall–Kier alpha value is -0.770. The molecule has 1 fully saturated rings. The fraction of sp³-hybridized carbons (Fsp3) is 0.462. The third-order valence-electron chi connectivity index (χ3n) is 3.14. The summed E-state index contributed by atoms with van der Waals surface area (Å²) in [7, 11) is 1.38. The van der Waals surface area contributed by atoms with Gasteiger partial charge in [-0.15, -0.1) is 0 Å². The van der Waals surface area contributed by atoms with Gasteiger partial charge in [-0.1, -0.05) is 29.3 Å². The third-order valence-corrected chi connectivity index (χ3v) is 3.88. The van der Waals surface area contributed by atoms with E-state index in [1.165, 1.54) is 7.11 Å². The van der Waals surface area contributed by atoms with Crippen LogP contribution in [-0.2, 0) is 14.3 Å². The average molecular weight is 289 g/mol. The summed E-state index contributed by atoms with van der Waals surface area (Å²) in [6.07, 6.45) is 0.926. The molecule has 0 radical (unpaired) electrons. The number of methoxy groups -OCH3 is 1. The number of benzene rings is 1. The number of halogens is 2. The van der Waals surface area contributed by atoms with Gasteiger partial charge in [0.15, 0.2) is 0 Å². The van der Waals surface area contributed by atoms with E-state index in [0.717, 1.165) is 5.56 Å². The van der Waals surface area contributed by atoms with Gasteiger partial charge < -0.3 is 9.47 Å². The van der Waals surface area contributed by atoms with Crippen molar-refractivity contribution in [1.29, 1.82) is 0 Å². The lowest BCUT2D eigenvalue weighted by Crippen LogP contribution is -2.17. The fourth-order valence-corrected chi connectivity index (χ4v) is 2.26. The molecule has 1 aliphatic rings. The van der Waals surface area contributed by atoms with Crippen molar-refractivity contribution in [3.05, 3.63) is 33.8 Å². The number of hydrogen-bond donors (Lipinski definition) is 0. The van der Waals surface area contributed by atoms with E-state index in [9.17, 15) is 4.79 Å². The summed E-state index contributed by atoms with van der Waals surface area (Å²) < 4.78 is 10.2. The quantitative estimate of drug-likeness (QED) is 0.629. The van der Waals surface area contributed by atoms with E-state index < -0.39 is 0 Å². The molecule has 1 aliphatic heterocycles. The van der Waals surface area contributed by atoms with Gasteiger partial charge in [-0.3, -0.25) is 4.79 Å². The second-order valence-electron chi connectivity index (χ2n) is 4.36. The van der Waals surface area contributed by atoms with E-state index >= 15 is 0 Å². The van der Waals surface area contributed by atoms with Gasteiger partial charge >= 0.3 is 5.97 Å². The topological polar surface area (TPSA) is 38.8 Å². The van der Waals surface area contributed by atoms with Crippen LogP contribution in [0.1, 0.15) is 24.8 Å². The molecule has 0 saturated carbocycles. The van der Waals surface area contributed by atoms with Crippen LogP contribution >= 0.6 is 23.2 Å². The minimum atomic E-state index is -0.361. The number of rotatable bonds is 4. The largest absolute Gasteiger partial charge is 0.469 e. The number of hydrogen-bond acceptors (Lipinski definition) is 3. The molecule has 1 aromatic carbocycles. The first-order valence-electron chi connectivity index (χ1n) is 5.71. The van der Waals surface area contributed by atoms with Crippen molar-refractivity contribution in [3.63, 3.8) is 0 Å². The van der Waals surface area contributed by atoms with Crippen molar-refractivity contribution in [2.75, 3.05) is 7.11 Å². The van der Waals surface area contributed by atoms with Crippen LogP contribution in [0.15, 0.2) is 18.2 Å². The van der Waals surface area contributed by atoms with Crippen LogP contribution in [0.2, 0.25) is 10.0 Å². The zero-order valence-corrected chi connectivity index (χ0v) is 11.7. The first kappa shape index (κ1) is 13.7. The standard InChI is InChI=1S/C13H14Cl2O3/c1-7-12(18-7)6-9(13(16)17-2)8-3-4-10(14)11(15)5-8/h3-5,7,9,12H,6H2,1-2H3. The molecule has 98 valence electrons. The second kappa shape index (κ2) is 5.47. The Kier molecular flexibility index (Phi) is 4.15. The Morgan fingerprint density at radius 2 is 2.11 bits per heavy atom. The lowest BCUT2D eigenvalue weighted by atomic mass is 9.93. The van der Waals surface area contributed by atoms with Crippen molar-refractivity contribution < 1.29 is 14.3 Å². The van der Waals surface area contributed by atoms with Crippen LogP contribution in [-0.4, -0.2) is 25.3 Å². The van der Waals surface area contributed by atoms with Crippen molar-refractivity contribution in [3.8, 4) is 0 Å². The number of carbonyl (C=O) groups excluding carboxylic acids is 1. The Morgan fingerprint density at radius 3 is 2.61 bits per heavy atom. The maximum atomic E-state index is 11.8. The lowest BCUT2D eigenvalue weighted by molar-refractivity contribution is -0.142. The van der Waals surface area contributed by atoms with Crippen LogP contribution in [0, 0.1) is 0 Å². The van der Waals surface area contributed by atoms with Gasteiger partial charge in [0.2, 0.25) is 0 Å². The zero-order valence-electron chi connectivity index (χ0n) is 10.2. The fourth-order valence-electron chi connectivity index (χ4n) is 1.95. The van der Waals surface area contributed by atoms with Crippen molar-refractivity contribution in [2.45, 2.75) is 31.5 Å². The Balaban J connectivity index is 2.21. The molecular formula is C13H14Cl2O3. The minimum Gasteiger partial charge on any atom is -0.469 e. The summed E-state index contributed by atoms with van der Waals surface area (Å²) in [4.78, 5) is 11.8. The summed E-state index contributed by atoms with van der Waals surface area (Å²) in [5, 5.41) is 0.910. The van der Waals surface area contributed by atoms with Gasteiger partial charge in [-0.2, -0.15) is 0 Å². The summed E-state index contributed by atoms with van der Waals surface area (Å²) in [5.41, 5.74) is 0.805. The van der Waals surface area contributed by atoms with Crippen LogP contribution in [0.3, 0.4) is 0 Å². The van der Waals surface area contributed by atoms with Crippen LogP contribution in [0.5, 0.6) is 0 Å². The average Bonchev–Trinajstić information content (AvgIpc) is 3.05. The molecule has 18 heavy (non-hydrogen) atoms. The van der Waals surface area contributed by atoms with E-state index in [4.69, 9.17) is 32.7 Å². The first-order chi connectivity index (χ1) is 8.52. The molecule has 0 amide bonds. The van der Waals surface area contributed by atoms with Gasteiger partial charge in [0.25, 0.3) is 0 Å². The lowest BCUT2D eigenvalue weighted by Gasteiger charge is -2.14. The maximum Gasteiger partial charge on any atom is 0.313 e. The normalized spacial score (nSPS) is 23.6. The van der Waals surface area contributed by atoms with Gasteiger partial charge in [-0.05, 0) is 31.0 Å². The highest BCUT2D eigenvalue weighted by Gasteiger charge is 2.39. The molecule has 3 nitrogen and oxygen atoms in total. The highest BCUT2D eigenvalue weighted by Crippen LogP contribution is 2.35. The van der Waals surface area contributed by atoms with E-state index in [-0.39, 0.29) is 24.1 Å². The third kappa shape index (κ3) is 2.97. The first-order valence-corrected chi connectivity index (χ1v) is 6.46. The molecule has 1 aromatic rings. The Labute approximate surface area is 116 Å². The van der Waals surface area contributed by atoms with Gasteiger partial charge in [0.1, 0.15) is 0 Å². The summed E-state index contributed by atoms with van der Waals surface area (Å²) in [6.45, 7) is 1.98. The molecule has 1 heterocycles. The highest BCUT2D eigenvalue weighted by atomic mass is 35.5.